The van der Waals surface area contributed by atoms with Crippen molar-refractivity contribution in [3.8, 4) is 29.8 Å². The van der Waals surface area contributed by atoms with Crippen molar-refractivity contribution in [2.75, 3.05) is 6.61 Å². The van der Waals surface area contributed by atoms with E-state index in [0.29, 0.717) is 12.3 Å². The molecule has 2 bridgehead atoms. The molecule has 1 heterocycles. The monoisotopic (exact) mass is 421 g/mol. The van der Waals surface area contributed by atoms with Gasteiger partial charge in [-0.15, -0.1) is 0 Å². The van der Waals surface area contributed by atoms with Crippen LogP contribution in [0, 0.1) is 52.3 Å². The molecule has 1 saturated heterocycles. The van der Waals surface area contributed by atoms with Crippen molar-refractivity contribution in [3.63, 3.8) is 0 Å². The Hall–Kier alpha value is -1.51. The molecule has 3 aliphatic carbocycles. The van der Waals surface area contributed by atoms with Crippen LogP contribution in [0.15, 0.2) is 12.2 Å². The van der Waals surface area contributed by atoms with E-state index in [0.717, 1.165) is 50.4 Å². The Kier molecular flexibility index (Phi) is 5.94. The van der Waals surface area contributed by atoms with Crippen molar-refractivity contribution < 1.29 is 9.16 Å². The molecular weight excluding hydrogens is 386 g/mol. The van der Waals surface area contributed by atoms with E-state index in [4.69, 9.17) is 9.16 Å². The van der Waals surface area contributed by atoms with Gasteiger partial charge in [0.25, 0.3) is 0 Å². The van der Waals surface area contributed by atoms with Crippen molar-refractivity contribution in [1.82, 2.24) is 0 Å². The molecule has 5 atom stereocenters. The number of ether oxygens (including phenoxy) is 1. The van der Waals surface area contributed by atoms with Crippen molar-refractivity contribution in [2.24, 2.45) is 17.3 Å². The molecule has 0 aromatic heterocycles. The van der Waals surface area contributed by atoms with Gasteiger partial charge in [-0.1, -0.05) is 50.9 Å². The van der Waals surface area contributed by atoms with E-state index in [-0.39, 0.29) is 11.3 Å². The largest absolute Gasteiger partial charge is 0.398 e. The van der Waals surface area contributed by atoms with Gasteiger partial charge in [0.1, 0.15) is 11.2 Å². The number of nitriles is 1. The van der Waals surface area contributed by atoms with E-state index in [1.807, 2.05) is 12.2 Å². The van der Waals surface area contributed by atoms with Crippen LogP contribution < -0.4 is 0 Å². The van der Waals surface area contributed by atoms with E-state index >= 15 is 0 Å². The number of allylic oxidation sites excluding steroid dienone is 2. The lowest BCUT2D eigenvalue weighted by Gasteiger charge is -2.62. The summed E-state index contributed by atoms with van der Waals surface area (Å²) in [5.41, 5.74) is -1.50. The molecule has 2 saturated carbocycles. The quantitative estimate of drug-likeness (QED) is 0.414. The first-order chi connectivity index (χ1) is 14.6. The molecule has 4 aliphatic rings. The molecule has 30 heavy (non-hydrogen) atoms. The first-order valence-corrected chi connectivity index (χ1v) is 14.5. The smallest absolute Gasteiger partial charge is 0.194 e. The Labute approximate surface area is 183 Å². The topological polar surface area (TPSA) is 42.2 Å². The lowest BCUT2D eigenvalue weighted by Crippen LogP contribution is -2.71. The van der Waals surface area contributed by atoms with Gasteiger partial charge in [0, 0.05) is 11.3 Å². The van der Waals surface area contributed by atoms with Gasteiger partial charge >= 0.3 is 0 Å². The summed E-state index contributed by atoms with van der Waals surface area (Å²) in [4.78, 5) is 0. The molecule has 3 nitrogen and oxygen atoms in total. The van der Waals surface area contributed by atoms with Crippen LogP contribution in [0.5, 0.6) is 0 Å². The molecule has 1 spiro atoms. The van der Waals surface area contributed by atoms with Gasteiger partial charge < -0.3 is 9.16 Å². The van der Waals surface area contributed by atoms with Gasteiger partial charge in [-0.3, -0.25) is 0 Å². The maximum absolute atomic E-state index is 10.1. The Morgan fingerprint density at radius 2 is 1.87 bits per heavy atom. The van der Waals surface area contributed by atoms with E-state index < -0.39 is 19.5 Å². The molecular formula is C26H35NO2Si. The third-order valence-corrected chi connectivity index (χ3v) is 13.5. The number of rotatable bonds is 6. The van der Waals surface area contributed by atoms with Crippen LogP contribution in [0.25, 0.3) is 0 Å². The number of hydrogen-bond acceptors (Lipinski definition) is 3. The zero-order valence-electron chi connectivity index (χ0n) is 18.9. The fraction of sp³-hybridized carbons (Fsp3) is 0.731. The summed E-state index contributed by atoms with van der Waals surface area (Å²) in [5, 5.41) is 10.1. The van der Waals surface area contributed by atoms with E-state index in [2.05, 4.69) is 50.5 Å². The molecule has 4 rings (SSSR count). The second kappa shape index (κ2) is 8.20. The summed E-state index contributed by atoms with van der Waals surface area (Å²) in [6.45, 7) is 7.53. The third kappa shape index (κ3) is 2.87. The molecule has 0 radical (unpaired) electrons. The SMILES string of the molecule is CC[Si](CC)(CC)OC12C#C/C=C\C#CC3CCCC4COC1(CC#N)C34CCC2. The van der Waals surface area contributed by atoms with Crippen LogP contribution in [0.1, 0.15) is 65.7 Å². The van der Waals surface area contributed by atoms with Gasteiger partial charge in [-0.05, 0) is 68.3 Å². The average molecular weight is 422 g/mol. The minimum atomic E-state index is -1.99. The predicted molar refractivity (Wildman–Crippen MR) is 122 cm³/mol. The lowest BCUT2D eigenvalue weighted by atomic mass is 9.45. The van der Waals surface area contributed by atoms with Gasteiger partial charge in [0.05, 0.1) is 19.1 Å². The number of hydrogen-bond donors (Lipinski definition) is 0. The molecule has 5 unspecified atom stereocenters. The molecule has 1 aliphatic heterocycles. The Bertz CT molecular complexity index is 855. The van der Waals surface area contributed by atoms with Crippen LogP contribution in [0.3, 0.4) is 0 Å². The van der Waals surface area contributed by atoms with Crippen LogP contribution in [0.2, 0.25) is 18.1 Å². The number of nitrogens with zero attached hydrogens (tertiary/aromatic N) is 1. The maximum Gasteiger partial charge on any atom is 0.194 e. The molecule has 0 N–H and O–H groups in total. The zero-order chi connectivity index (χ0) is 21.3. The molecule has 0 amide bonds. The standard InChI is InChI=1S/C26H35NO2Si/c1-4-30(5-2,6-3)29-24-16-10-8-7-9-13-22-14-11-15-23-21-28-26(24,19-20-27)25(22,23)18-12-17-24/h7-8,22-23H,4-6,11-12,14-15,17-19,21H2,1-3H3/b8-7-. The normalized spacial score (nSPS) is 40.1. The van der Waals surface area contributed by atoms with Gasteiger partial charge in [-0.25, -0.2) is 0 Å². The van der Waals surface area contributed by atoms with Crippen molar-refractivity contribution >= 4 is 8.32 Å². The van der Waals surface area contributed by atoms with E-state index in [1.165, 1.54) is 12.8 Å². The molecule has 160 valence electrons. The molecule has 0 aromatic carbocycles. The van der Waals surface area contributed by atoms with Crippen molar-refractivity contribution in [3.05, 3.63) is 12.2 Å². The summed E-state index contributed by atoms with van der Waals surface area (Å²) in [5.74, 6) is 14.5. The molecule has 0 aromatic rings. The minimum Gasteiger partial charge on any atom is -0.398 e. The van der Waals surface area contributed by atoms with Crippen molar-refractivity contribution in [1.29, 1.82) is 5.26 Å². The van der Waals surface area contributed by atoms with Crippen molar-refractivity contribution in [2.45, 2.75) is 95.1 Å². The highest BCUT2D eigenvalue weighted by Gasteiger charge is 2.75. The summed E-state index contributed by atoms with van der Waals surface area (Å²) in [7, 11) is -1.99. The van der Waals surface area contributed by atoms with Crippen LogP contribution in [0.4, 0.5) is 0 Å². The maximum atomic E-state index is 10.1. The fourth-order valence-electron chi connectivity index (χ4n) is 7.21. The highest BCUT2D eigenvalue weighted by molar-refractivity contribution is 6.73. The van der Waals surface area contributed by atoms with Crippen LogP contribution in [-0.2, 0) is 9.16 Å². The van der Waals surface area contributed by atoms with Crippen LogP contribution >= 0.6 is 0 Å². The Morgan fingerprint density at radius 3 is 2.60 bits per heavy atom. The summed E-state index contributed by atoms with van der Waals surface area (Å²) in [6.07, 6.45) is 10.6. The minimum absolute atomic E-state index is 0.124. The summed E-state index contributed by atoms with van der Waals surface area (Å²) < 4.78 is 14.2. The lowest BCUT2D eigenvalue weighted by molar-refractivity contribution is -0.207. The zero-order valence-corrected chi connectivity index (χ0v) is 19.9. The highest BCUT2D eigenvalue weighted by atomic mass is 28.4. The predicted octanol–water partition coefficient (Wildman–Crippen LogP) is 5.59. The Balaban J connectivity index is 1.98. The van der Waals surface area contributed by atoms with Gasteiger partial charge in [0.2, 0.25) is 0 Å². The van der Waals surface area contributed by atoms with Gasteiger partial charge in [0.15, 0.2) is 8.32 Å². The Morgan fingerprint density at radius 1 is 1.10 bits per heavy atom. The van der Waals surface area contributed by atoms with Gasteiger partial charge in [-0.2, -0.15) is 5.26 Å². The average Bonchev–Trinajstić information content (AvgIpc) is 3.11. The second-order valence-electron chi connectivity index (χ2n) is 9.61. The first kappa shape index (κ1) is 21.7. The third-order valence-electron chi connectivity index (χ3n) is 8.88. The van der Waals surface area contributed by atoms with E-state index in [9.17, 15) is 5.26 Å². The summed E-state index contributed by atoms with van der Waals surface area (Å²) in [6, 6.07) is 5.75. The van der Waals surface area contributed by atoms with E-state index in [1.54, 1.807) is 0 Å². The highest BCUT2D eigenvalue weighted by Crippen LogP contribution is 2.68. The summed E-state index contributed by atoms with van der Waals surface area (Å²) >= 11 is 0. The molecule has 4 heteroatoms. The van der Waals surface area contributed by atoms with Crippen LogP contribution in [-0.4, -0.2) is 26.1 Å². The first-order valence-electron chi connectivity index (χ1n) is 12.0. The fourth-order valence-corrected chi connectivity index (χ4v) is 10.2. The second-order valence-corrected chi connectivity index (χ2v) is 14.3. The molecule has 3 fully saturated rings.